The van der Waals surface area contributed by atoms with E-state index in [1.54, 1.807) is 18.2 Å². The van der Waals surface area contributed by atoms with Crippen LogP contribution in [-0.4, -0.2) is 31.3 Å². The lowest BCUT2D eigenvalue weighted by atomic mass is 10.1. The van der Waals surface area contributed by atoms with Gasteiger partial charge in [0, 0.05) is 12.1 Å². The molecule has 1 aliphatic rings. The van der Waals surface area contributed by atoms with Crippen molar-refractivity contribution in [1.29, 1.82) is 0 Å². The number of ether oxygens (including phenoxy) is 1. The number of esters is 1. The Morgan fingerprint density at radius 2 is 1.81 bits per heavy atom. The van der Waals surface area contributed by atoms with E-state index < -0.39 is 40.3 Å². The molecule has 0 bridgehead atoms. The third-order valence-electron chi connectivity index (χ3n) is 4.48. The molecule has 1 saturated heterocycles. The molecule has 0 amide bonds. The van der Waals surface area contributed by atoms with Crippen LogP contribution in [0.15, 0.2) is 53.4 Å². The van der Waals surface area contributed by atoms with Crippen LogP contribution in [0.5, 0.6) is 0 Å². The van der Waals surface area contributed by atoms with Crippen molar-refractivity contribution in [2.24, 2.45) is 0 Å². The highest BCUT2D eigenvalue weighted by Gasteiger charge is 2.38. The van der Waals surface area contributed by atoms with Crippen molar-refractivity contribution in [3.8, 4) is 0 Å². The molecular formula is C19H19F2NO4S. The Morgan fingerprint density at radius 1 is 1.07 bits per heavy atom. The van der Waals surface area contributed by atoms with Gasteiger partial charge in [-0.25, -0.2) is 17.2 Å². The van der Waals surface area contributed by atoms with Crippen molar-refractivity contribution >= 4 is 16.0 Å². The summed E-state index contributed by atoms with van der Waals surface area (Å²) >= 11 is 0. The first kappa shape index (κ1) is 19.4. The average molecular weight is 395 g/mol. The Balaban J connectivity index is 1.77. The first-order valence-corrected chi connectivity index (χ1v) is 10.0. The molecule has 3 rings (SSSR count). The molecule has 144 valence electrons. The van der Waals surface area contributed by atoms with Crippen LogP contribution in [0.25, 0.3) is 0 Å². The number of nitrogens with zero attached hydrogens (tertiary/aromatic N) is 1. The van der Waals surface area contributed by atoms with Gasteiger partial charge in [0.15, 0.2) is 11.6 Å². The normalized spacial score (nSPS) is 18.2. The molecule has 2 aromatic carbocycles. The smallest absolute Gasteiger partial charge is 0.324 e. The summed E-state index contributed by atoms with van der Waals surface area (Å²) in [6.45, 7) is -0.260. The van der Waals surface area contributed by atoms with E-state index in [4.69, 9.17) is 4.74 Å². The summed E-state index contributed by atoms with van der Waals surface area (Å²) in [5.74, 6) is -2.88. The summed E-state index contributed by atoms with van der Waals surface area (Å²) in [6.07, 6.45) is 1.62. The number of hydrogen-bond acceptors (Lipinski definition) is 4. The third kappa shape index (κ3) is 4.17. The van der Waals surface area contributed by atoms with Gasteiger partial charge < -0.3 is 4.74 Å². The molecule has 27 heavy (non-hydrogen) atoms. The number of hydrogen-bond donors (Lipinski definition) is 0. The number of carbonyl (C=O) groups is 1. The van der Waals surface area contributed by atoms with Gasteiger partial charge in [-0.1, -0.05) is 30.3 Å². The predicted molar refractivity (Wildman–Crippen MR) is 94.1 cm³/mol. The van der Waals surface area contributed by atoms with E-state index in [1.165, 1.54) is 24.3 Å². The van der Waals surface area contributed by atoms with Crippen LogP contribution in [0.2, 0.25) is 0 Å². The number of rotatable bonds is 5. The van der Waals surface area contributed by atoms with Crippen LogP contribution in [0.3, 0.4) is 0 Å². The van der Waals surface area contributed by atoms with Gasteiger partial charge in [0.25, 0.3) is 0 Å². The second-order valence-corrected chi connectivity index (χ2v) is 8.15. The van der Waals surface area contributed by atoms with Crippen molar-refractivity contribution in [2.75, 3.05) is 6.54 Å². The van der Waals surface area contributed by atoms with Crippen molar-refractivity contribution in [2.45, 2.75) is 36.8 Å². The highest BCUT2D eigenvalue weighted by atomic mass is 32.2. The monoisotopic (exact) mass is 395 g/mol. The predicted octanol–water partition coefficient (Wildman–Crippen LogP) is 3.25. The Hall–Kier alpha value is -2.32. The van der Waals surface area contributed by atoms with Crippen molar-refractivity contribution < 1.29 is 26.7 Å². The zero-order chi connectivity index (χ0) is 19.4. The Bertz CT molecular complexity index is 919. The van der Waals surface area contributed by atoms with Crippen LogP contribution < -0.4 is 0 Å². The van der Waals surface area contributed by atoms with Gasteiger partial charge in [-0.15, -0.1) is 0 Å². The number of piperidine rings is 1. The molecule has 2 aromatic rings. The Morgan fingerprint density at radius 3 is 2.56 bits per heavy atom. The summed E-state index contributed by atoms with van der Waals surface area (Å²) in [6, 6.07) is 10.5. The van der Waals surface area contributed by atoms with Gasteiger partial charge in [-0.2, -0.15) is 4.31 Å². The van der Waals surface area contributed by atoms with Crippen molar-refractivity contribution in [1.82, 2.24) is 4.31 Å². The third-order valence-corrected chi connectivity index (χ3v) is 6.40. The van der Waals surface area contributed by atoms with E-state index in [2.05, 4.69) is 0 Å². The van der Waals surface area contributed by atoms with Crippen LogP contribution in [0.1, 0.15) is 24.8 Å². The molecule has 0 N–H and O–H groups in total. The van der Waals surface area contributed by atoms with Gasteiger partial charge in [0.1, 0.15) is 12.6 Å². The standard InChI is InChI=1S/C19H19F2NO4S/c20-16-10-6-7-14(18(16)21)13-26-19(23)17-11-4-5-12-22(17)27(24,25)15-8-2-1-3-9-15/h1-3,6-10,17H,4-5,11-13H2. The summed E-state index contributed by atoms with van der Waals surface area (Å²) in [7, 11) is -3.86. The second kappa shape index (κ2) is 8.14. The topological polar surface area (TPSA) is 63.7 Å². The molecule has 0 aromatic heterocycles. The molecule has 8 heteroatoms. The quantitative estimate of drug-likeness (QED) is 0.729. The fourth-order valence-corrected chi connectivity index (χ4v) is 4.73. The van der Waals surface area contributed by atoms with E-state index in [9.17, 15) is 22.0 Å². The van der Waals surface area contributed by atoms with Crippen molar-refractivity contribution in [3.05, 3.63) is 65.7 Å². The minimum atomic E-state index is -3.86. The molecule has 0 spiro atoms. The SMILES string of the molecule is O=C(OCc1cccc(F)c1F)C1CCCCN1S(=O)(=O)c1ccccc1. The highest BCUT2D eigenvalue weighted by molar-refractivity contribution is 7.89. The van der Waals surface area contributed by atoms with E-state index in [0.29, 0.717) is 19.3 Å². The largest absolute Gasteiger partial charge is 0.460 e. The molecule has 1 heterocycles. The van der Waals surface area contributed by atoms with E-state index in [-0.39, 0.29) is 17.0 Å². The van der Waals surface area contributed by atoms with E-state index in [0.717, 1.165) is 10.4 Å². The fourth-order valence-electron chi connectivity index (χ4n) is 3.06. The van der Waals surface area contributed by atoms with E-state index in [1.807, 2.05) is 0 Å². The first-order chi connectivity index (χ1) is 12.9. The van der Waals surface area contributed by atoms with Crippen molar-refractivity contribution in [3.63, 3.8) is 0 Å². The number of benzene rings is 2. The van der Waals surface area contributed by atoms with E-state index >= 15 is 0 Å². The van der Waals surface area contributed by atoms with Gasteiger partial charge in [0.2, 0.25) is 10.0 Å². The van der Waals surface area contributed by atoms with Gasteiger partial charge in [-0.05, 0) is 37.5 Å². The summed E-state index contributed by atoms with van der Waals surface area (Å²) in [5.41, 5.74) is -0.100. The number of halogens is 2. The lowest BCUT2D eigenvalue weighted by molar-refractivity contribution is -0.150. The second-order valence-electron chi connectivity index (χ2n) is 6.26. The molecule has 1 fully saturated rings. The van der Waals surface area contributed by atoms with Crippen LogP contribution in [-0.2, 0) is 26.2 Å². The maximum Gasteiger partial charge on any atom is 0.324 e. The maximum absolute atomic E-state index is 13.7. The molecular weight excluding hydrogens is 376 g/mol. The van der Waals surface area contributed by atoms with Gasteiger partial charge in [-0.3, -0.25) is 4.79 Å². The molecule has 5 nitrogen and oxygen atoms in total. The lowest BCUT2D eigenvalue weighted by Gasteiger charge is -2.33. The molecule has 0 radical (unpaired) electrons. The molecule has 1 aliphatic heterocycles. The van der Waals surface area contributed by atoms with Crippen LogP contribution >= 0.6 is 0 Å². The van der Waals surface area contributed by atoms with Crippen LogP contribution in [0, 0.1) is 11.6 Å². The lowest BCUT2D eigenvalue weighted by Crippen LogP contribution is -2.48. The van der Waals surface area contributed by atoms with Gasteiger partial charge >= 0.3 is 5.97 Å². The van der Waals surface area contributed by atoms with Gasteiger partial charge in [0.05, 0.1) is 4.90 Å². The minimum Gasteiger partial charge on any atom is -0.460 e. The number of carbonyl (C=O) groups excluding carboxylic acids is 1. The number of sulfonamides is 1. The summed E-state index contributed by atoms with van der Waals surface area (Å²) < 4.78 is 59.0. The van der Waals surface area contributed by atoms with Crippen LogP contribution in [0.4, 0.5) is 8.78 Å². The fraction of sp³-hybridized carbons (Fsp3) is 0.316. The average Bonchev–Trinajstić information content (AvgIpc) is 2.69. The minimum absolute atomic E-state index is 0.0980. The molecule has 0 saturated carbocycles. The molecule has 1 unspecified atom stereocenters. The first-order valence-electron chi connectivity index (χ1n) is 8.57. The zero-order valence-corrected chi connectivity index (χ0v) is 15.3. The highest BCUT2D eigenvalue weighted by Crippen LogP contribution is 2.26. The summed E-state index contributed by atoms with van der Waals surface area (Å²) in [5, 5.41) is 0. The Kier molecular flexibility index (Phi) is 5.86. The maximum atomic E-state index is 13.7. The zero-order valence-electron chi connectivity index (χ0n) is 14.5. The summed E-state index contributed by atoms with van der Waals surface area (Å²) in [4.78, 5) is 12.6. The molecule has 0 aliphatic carbocycles. The Labute approximate surface area is 156 Å². The molecule has 1 atom stereocenters.